The molecule has 2 aromatic rings. The average Bonchev–Trinajstić information content (AvgIpc) is 2.68. The maximum Gasteiger partial charge on any atom is 0.243 e. The molecule has 0 aliphatic heterocycles. The van der Waals surface area contributed by atoms with E-state index in [0.29, 0.717) is 11.5 Å². The molecule has 0 heterocycles. The number of hydrogen-bond donors (Lipinski definition) is 1. The number of likely N-dealkylation sites (N-methyl/N-ethyl adjacent to an activating group) is 1. The van der Waals surface area contributed by atoms with Crippen LogP contribution in [0.15, 0.2) is 41.3 Å². The number of hydrogen-bond acceptors (Lipinski definition) is 5. The number of para-hydroxylation sites is 1. The lowest BCUT2D eigenvalue weighted by atomic mass is 9.98. The topological polar surface area (TPSA) is 84.9 Å². The van der Waals surface area contributed by atoms with Crippen LogP contribution in [0.4, 0.5) is 5.69 Å². The van der Waals surface area contributed by atoms with E-state index in [4.69, 9.17) is 9.47 Å². The van der Waals surface area contributed by atoms with Gasteiger partial charge in [-0.3, -0.25) is 4.79 Å². The van der Waals surface area contributed by atoms with Crippen molar-refractivity contribution in [1.29, 1.82) is 0 Å². The fourth-order valence-electron chi connectivity index (χ4n) is 2.97. The van der Waals surface area contributed by atoms with E-state index in [1.807, 2.05) is 39.0 Å². The number of carbonyl (C=O) groups is 1. The van der Waals surface area contributed by atoms with Gasteiger partial charge in [0.15, 0.2) is 11.5 Å². The van der Waals surface area contributed by atoms with E-state index in [9.17, 15) is 13.2 Å². The highest BCUT2D eigenvalue weighted by Crippen LogP contribution is 2.31. The van der Waals surface area contributed by atoms with E-state index >= 15 is 0 Å². The van der Waals surface area contributed by atoms with Gasteiger partial charge >= 0.3 is 0 Å². The van der Waals surface area contributed by atoms with E-state index in [1.54, 1.807) is 0 Å². The van der Waals surface area contributed by atoms with Crippen molar-refractivity contribution in [3.8, 4) is 11.5 Å². The van der Waals surface area contributed by atoms with Gasteiger partial charge in [-0.15, -0.1) is 0 Å². The van der Waals surface area contributed by atoms with Gasteiger partial charge in [-0.1, -0.05) is 32.0 Å². The summed E-state index contributed by atoms with van der Waals surface area (Å²) >= 11 is 0. The monoisotopic (exact) mass is 420 g/mol. The largest absolute Gasteiger partial charge is 0.493 e. The molecule has 0 atom stereocenters. The van der Waals surface area contributed by atoms with Crippen LogP contribution in [0.3, 0.4) is 0 Å². The van der Waals surface area contributed by atoms with Crippen molar-refractivity contribution in [1.82, 2.24) is 4.31 Å². The molecule has 0 fully saturated rings. The molecule has 0 aliphatic rings. The molecule has 2 aromatic carbocycles. The maximum absolute atomic E-state index is 12.9. The number of nitrogens with zero attached hydrogens (tertiary/aromatic N) is 1. The molecule has 8 heteroatoms. The average molecular weight is 421 g/mol. The Hall–Kier alpha value is -2.58. The minimum atomic E-state index is -3.88. The molecule has 0 radical (unpaired) electrons. The molecule has 1 amide bonds. The Morgan fingerprint density at radius 3 is 2.34 bits per heavy atom. The van der Waals surface area contributed by atoms with Crippen LogP contribution in [0.25, 0.3) is 0 Å². The lowest BCUT2D eigenvalue weighted by Crippen LogP contribution is -2.35. The van der Waals surface area contributed by atoms with Crippen molar-refractivity contribution in [3.05, 3.63) is 47.5 Å². The van der Waals surface area contributed by atoms with E-state index < -0.39 is 15.9 Å². The zero-order valence-corrected chi connectivity index (χ0v) is 18.5. The number of rotatable bonds is 8. The quantitative estimate of drug-likeness (QED) is 0.708. The Kier molecular flexibility index (Phi) is 7.26. The van der Waals surface area contributed by atoms with Crippen LogP contribution in [0.1, 0.15) is 30.9 Å². The van der Waals surface area contributed by atoms with Crippen molar-refractivity contribution in [2.75, 3.05) is 33.1 Å². The highest BCUT2D eigenvalue weighted by Gasteiger charge is 2.25. The van der Waals surface area contributed by atoms with Crippen LogP contribution >= 0.6 is 0 Å². The summed E-state index contributed by atoms with van der Waals surface area (Å²) in [7, 11) is 0.387. The highest BCUT2D eigenvalue weighted by atomic mass is 32.2. The molecule has 0 unspecified atom stereocenters. The molecule has 0 bridgehead atoms. The van der Waals surface area contributed by atoms with E-state index in [-0.39, 0.29) is 17.4 Å². The molecule has 2 rings (SSSR count). The van der Waals surface area contributed by atoms with Crippen molar-refractivity contribution in [3.63, 3.8) is 0 Å². The number of carbonyl (C=O) groups excluding carboxylic acids is 1. The van der Waals surface area contributed by atoms with Crippen LogP contribution in [-0.2, 0) is 14.8 Å². The third kappa shape index (κ3) is 5.07. The van der Waals surface area contributed by atoms with Gasteiger partial charge in [0, 0.05) is 18.8 Å². The van der Waals surface area contributed by atoms with Crippen molar-refractivity contribution < 1.29 is 22.7 Å². The number of amides is 1. The molecule has 0 aromatic heterocycles. The second kappa shape index (κ2) is 9.28. The van der Waals surface area contributed by atoms with Crippen LogP contribution in [0, 0.1) is 6.92 Å². The Morgan fingerprint density at radius 2 is 1.76 bits per heavy atom. The molecule has 0 saturated carbocycles. The molecular weight excluding hydrogens is 392 g/mol. The van der Waals surface area contributed by atoms with E-state index in [2.05, 4.69) is 5.32 Å². The van der Waals surface area contributed by atoms with E-state index in [0.717, 1.165) is 21.1 Å². The highest BCUT2D eigenvalue weighted by molar-refractivity contribution is 7.89. The Balaban J connectivity index is 2.21. The fourth-order valence-corrected chi connectivity index (χ4v) is 4.11. The summed E-state index contributed by atoms with van der Waals surface area (Å²) in [6.45, 7) is 5.67. The van der Waals surface area contributed by atoms with Gasteiger partial charge in [-0.05, 0) is 36.1 Å². The number of methoxy groups -OCH3 is 2. The van der Waals surface area contributed by atoms with Gasteiger partial charge in [0.05, 0.1) is 25.7 Å². The van der Waals surface area contributed by atoms with Crippen LogP contribution in [0.2, 0.25) is 0 Å². The third-order valence-electron chi connectivity index (χ3n) is 4.62. The van der Waals surface area contributed by atoms with E-state index in [1.165, 1.54) is 39.5 Å². The number of benzene rings is 2. The molecule has 7 nitrogen and oxygen atoms in total. The Labute approximate surface area is 172 Å². The van der Waals surface area contributed by atoms with Crippen molar-refractivity contribution >= 4 is 21.6 Å². The maximum atomic E-state index is 12.9. The van der Waals surface area contributed by atoms with Crippen LogP contribution < -0.4 is 14.8 Å². The number of sulfonamides is 1. The van der Waals surface area contributed by atoms with Crippen LogP contribution in [-0.4, -0.2) is 46.4 Å². The number of aryl methyl sites for hydroxylation is 1. The first-order chi connectivity index (χ1) is 13.6. The standard InChI is InChI=1S/C21H28N2O5S/c1-14(2)17-9-7-8-15(3)21(17)22-20(24)13-23(4)29(25,26)16-10-11-18(27-5)19(12-16)28-6/h7-12,14H,13H2,1-6H3,(H,22,24). The van der Waals surface area contributed by atoms with Crippen molar-refractivity contribution in [2.24, 2.45) is 0 Å². The van der Waals surface area contributed by atoms with Gasteiger partial charge in [0.1, 0.15) is 0 Å². The Bertz CT molecular complexity index is 987. The summed E-state index contributed by atoms with van der Waals surface area (Å²) in [5, 5.41) is 2.87. The fraction of sp³-hybridized carbons (Fsp3) is 0.381. The first kappa shape index (κ1) is 22.7. The normalized spacial score (nSPS) is 11.6. The molecule has 29 heavy (non-hydrogen) atoms. The zero-order valence-electron chi connectivity index (χ0n) is 17.6. The second-order valence-electron chi connectivity index (χ2n) is 7.02. The molecule has 0 spiro atoms. The number of anilines is 1. The summed E-state index contributed by atoms with van der Waals surface area (Å²) in [6, 6.07) is 10.1. The lowest BCUT2D eigenvalue weighted by molar-refractivity contribution is -0.116. The number of ether oxygens (including phenoxy) is 2. The summed E-state index contributed by atoms with van der Waals surface area (Å²) in [4.78, 5) is 12.6. The first-order valence-corrected chi connectivity index (χ1v) is 10.6. The molecular formula is C21H28N2O5S. The molecule has 0 saturated heterocycles. The zero-order chi connectivity index (χ0) is 21.8. The minimum absolute atomic E-state index is 0.0178. The summed E-state index contributed by atoms with van der Waals surface area (Å²) < 4.78 is 37.1. The first-order valence-electron chi connectivity index (χ1n) is 9.19. The summed E-state index contributed by atoms with van der Waals surface area (Å²) in [6.07, 6.45) is 0. The van der Waals surface area contributed by atoms with Gasteiger partial charge < -0.3 is 14.8 Å². The van der Waals surface area contributed by atoms with Crippen LogP contribution in [0.5, 0.6) is 11.5 Å². The van der Waals surface area contributed by atoms with Gasteiger partial charge in [-0.25, -0.2) is 8.42 Å². The minimum Gasteiger partial charge on any atom is -0.493 e. The summed E-state index contributed by atoms with van der Waals surface area (Å²) in [5.41, 5.74) is 2.66. The number of nitrogens with one attached hydrogen (secondary N) is 1. The summed E-state index contributed by atoms with van der Waals surface area (Å²) in [5.74, 6) is 0.534. The molecule has 0 aliphatic carbocycles. The Morgan fingerprint density at radius 1 is 1.10 bits per heavy atom. The van der Waals surface area contributed by atoms with Gasteiger partial charge in [-0.2, -0.15) is 4.31 Å². The SMILES string of the molecule is COc1ccc(S(=O)(=O)N(C)CC(=O)Nc2c(C)cccc2C(C)C)cc1OC. The third-order valence-corrected chi connectivity index (χ3v) is 6.42. The van der Waals surface area contributed by atoms with Gasteiger partial charge in [0.25, 0.3) is 0 Å². The molecule has 158 valence electrons. The van der Waals surface area contributed by atoms with Gasteiger partial charge in [0.2, 0.25) is 15.9 Å². The second-order valence-corrected chi connectivity index (χ2v) is 9.06. The smallest absolute Gasteiger partial charge is 0.243 e. The lowest BCUT2D eigenvalue weighted by Gasteiger charge is -2.20. The predicted octanol–water partition coefficient (Wildman–Crippen LogP) is 3.39. The predicted molar refractivity (Wildman–Crippen MR) is 113 cm³/mol. The van der Waals surface area contributed by atoms with Crippen molar-refractivity contribution in [2.45, 2.75) is 31.6 Å². The molecule has 1 N–H and O–H groups in total.